The largest absolute Gasteiger partial charge is 0.353 e. The lowest BCUT2D eigenvalue weighted by molar-refractivity contribution is -0.126. The first-order valence-electron chi connectivity index (χ1n) is 6.69. The van der Waals surface area contributed by atoms with E-state index in [1.807, 2.05) is 0 Å². The standard InChI is InChI=1S/C13H24N2O/c1-9-3-4-12(10(9)2)15-13(16)11-5-7-14-8-6-11/h9-12,14H,3-8H2,1-2H3,(H,15,16). The third kappa shape index (κ3) is 2.57. The van der Waals surface area contributed by atoms with E-state index in [4.69, 9.17) is 0 Å². The minimum atomic E-state index is 0.254. The summed E-state index contributed by atoms with van der Waals surface area (Å²) >= 11 is 0. The van der Waals surface area contributed by atoms with Crippen LogP contribution in [0.2, 0.25) is 0 Å². The predicted molar refractivity (Wildman–Crippen MR) is 65.1 cm³/mol. The molecule has 1 aliphatic heterocycles. The predicted octanol–water partition coefficient (Wildman–Crippen LogP) is 1.54. The molecular weight excluding hydrogens is 200 g/mol. The van der Waals surface area contributed by atoms with E-state index >= 15 is 0 Å². The van der Waals surface area contributed by atoms with Crippen LogP contribution >= 0.6 is 0 Å². The Morgan fingerprint density at radius 1 is 1.12 bits per heavy atom. The molecule has 0 radical (unpaired) electrons. The molecule has 1 heterocycles. The molecule has 0 aromatic heterocycles. The minimum absolute atomic E-state index is 0.254. The highest BCUT2D eigenvalue weighted by molar-refractivity contribution is 5.79. The number of amides is 1. The van der Waals surface area contributed by atoms with Gasteiger partial charge < -0.3 is 10.6 Å². The van der Waals surface area contributed by atoms with Crippen LogP contribution in [-0.2, 0) is 4.79 Å². The Morgan fingerprint density at radius 2 is 1.81 bits per heavy atom. The van der Waals surface area contributed by atoms with Gasteiger partial charge in [-0.3, -0.25) is 4.79 Å². The molecule has 92 valence electrons. The van der Waals surface area contributed by atoms with E-state index in [1.54, 1.807) is 0 Å². The molecule has 1 saturated heterocycles. The van der Waals surface area contributed by atoms with Crippen molar-refractivity contribution >= 4 is 5.91 Å². The SMILES string of the molecule is CC1CCC(NC(=O)C2CCNCC2)C1C. The van der Waals surface area contributed by atoms with Gasteiger partial charge in [0.2, 0.25) is 5.91 Å². The van der Waals surface area contributed by atoms with Crippen LogP contribution in [0.4, 0.5) is 0 Å². The Bertz CT molecular complexity index is 248. The third-order valence-corrected chi connectivity index (χ3v) is 4.50. The monoisotopic (exact) mass is 224 g/mol. The van der Waals surface area contributed by atoms with Gasteiger partial charge in [0.1, 0.15) is 0 Å². The lowest BCUT2D eigenvalue weighted by Gasteiger charge is -2.26. The van der Waals surface area contributed by atoms with E-state index < -0.39 is 0 Å². The number of rotatable bonds is 2. The molecular formula is C13H24N2O. The molecule has 3 heteroatoms. The molecule has 3 nitrogen and oxygen atoms in total. The topological polar surface area (TPSA) is 41.1 Å². The van der Waals surface area contributed by atoms with E-state index in [0.717, 1.165) is 31.8 Å². The van der Waals surface area contributed by atoms with Crippen molar-refractivity contribution in [2.45, 2.75) is 45.6 Å². The second-order valence-electron chi connectivity index (χ2n) is 5.55. The van der Waals surface area contributed by atoms with Crippen molar-refractivity contribution in [2.75, 3.05) is 13.1 Å². The van der Waals surface area contributed by atoms with Crippen molar-refractivity contribution in [3.8, 4) is 0 Å². The van der Waals surface area contributed by atoms with Crippen molar-refractivity contribution in [1.29, 1.82) is 0 Å². The molecule has 1 amide bonds. The van der Waals surface area contributed by atoms with Gasteiger partial charge >= 0.3 is 0 Å². The molecule has 0 bridgehead atoms. The second-order valence-corrected chi connectivity index (χ2v) is 5.55. The van der Waals surface area contributed by atoms with Crippen LogP contribution in [0.3, 0.4) is 0 Å². The quantitative estimate of drug-likeness (QED) is 0.747. The summed E-state index contributed by atoms with van der Waals surface area (Å²) in [6, 6.07) is 0.428. The first-order valence-corrected chi connectivity index (χ1v) is 6.69. The van der Waals surface area contributed by atoms with Gasteiger partial charge in [0.05, 0.1) is 0 Å². The van der Waals surface area contributed by atoms with Crippen LogP contribution in [0, 0.1) is 17.8 Å². The van der Waals surface area contributed by atoms with Crippen LogP contribution < -0.4 is 10.6 Å². The summed E-state index contributed by atoms with van der Waals surface area (Å²) in [5, 5.41) is 6.56. The summed E-state index contributed by atoms with van der Waals surface area (Å²) in [5.41, 5.74) is 0. The van der Waals surface area contributed by atoms with E-state index in [9.17, 15) is 4.79 Å². The van der Waals surface area contributed by atoms with E-state index in [0.29, 0.717) is 17.9 Å². The Kier molecular flexibility index (Phi) is 3.85. The van der Waals surface area contributed by atoms with Crippen molar-refractivity contribution in [1.82, 2.24) is 10.6 Å². The summed E-state index contributed by atoms with van der Waals surface area (Å²) in [4.78, 5) is 12.1. The molecule has 1 saturated carbocycles. The number of nitrogens with one attached hydrogen (secondary N) is 2. The van der Waals surface area contributed by atoms with Crippen LogP contribution in [0.1, 0.15) is 39.5 Å². The average Bonchev–Trinajstić information content (AvgIpc) is 2.62. The highest BCUT2D eigenvalue weighted by Gasteiger charge is 2.32. The lowest BCUT2D eigenvalue weighted by Crippen LogP contribution is -2.43. The maximum atomic E-state index is 12.1. The highest BCUT2D eigenvalue weighted by Crippen LogP contribution is 2.31. The molecule has 1 aliphatic carbocycles. The summed E-state index contributed by atoms with van der Waals surface area (Å²) in [7, 11) is 0. The fraction of sp³-hybridized carbons (Fsp3) is 0.923. The Morgan fingerprint density at radius 3 is 2.38 bits per heavy atom. The smallest absolute Gasteiger partial charge is 0.223 e. The van der Waals surface area contributed by atoms with Gasteiger partial charge in [-0.25, -0.2) is 0 Å². The Labute approximate surface area is 98.4 Å². The number of piperidine rings is 1. The number of hydrogen-bond acceptors (Lipinski definition) is 2. The third-order valence-electron chi connectivity index (χ3n) is 4.50. The summed E-state index contributed by atoms with van der Waals surface area (Å²) in [6.45, 7) is 6.55. The summed E-state index contributed by atoms with van der Waals surface area (Å²) < 4.78 is 0. The fourth-order valence-corrected chi connectivity index (χ4v) is 2.95. The van der Waals surface area contributed by atoms with Gasteiger partial charge in [0.25, 0.3) is 0 Å². The maximum Gasteiger partial charge on any atom is 0.223 e. The van der Waals surface area contributed by atoms with Crippen molar-refractivity contribution in [3.05, 3.63) is 0 Å². The van der Waals surface area contributed by atoms with Gasteiger partial charge in [-0.05, 0) is 50.6 Å². The molecule has 2 rings (SSSR count). The minimum Gasteiger partial charge on any atom is -0.353 e. The molecule has 3 atom stereocenters. The van der Waals surface area contributed by atoms with E-state index in [2.05, 4.69) is 24.5 Å². The number of carbonyl (C=O) groups excluding carboxylic acids is 1. The van der Waals surface area contributed by atoms with Crippen LogP contribution in [0.5, 0.6) is 0 Å². The van der Waals surface area contributed by atoms with Crippen LogP contribution in [0.25, 0.3) is 0 Å². The van der Waals surface area contributed by atoms with Gasteiger partial charge in [-0.2, -0.15) is 0 Å². The molecule has 0 aromatic rings. The lowest BCUT2D eigenvalue weighted by atomic mass is 9.94. The zero-order valence-electron chi connectivity index (χ0n) is 10.5. The van der Waals surface area contributed by atoms with Gasteiger partial charge in [-0.1, -0.05) is 13.8 Å². The van der Waals surface area contributed by atoms with Gasteiger partial charge in [-0.15, -0.1) is 0 Å². The first kappa shape index (κ1) is 11.9. The van der Waals surface area contributed by atoms with Gasteiger partial charge in [0, 0.05) is 12.0 Å². The summed E-state index contributed by atoms with van der Waals surface area (Å²) in [5.74, 6) is 1.96. The molecule has 2 fully saturated rings. The molecule has 0 aromatic carbocycles. The van der Waals surface area contributed by atoms with Gasteiger partial charge in [0.15, 0.2) is 0 Å². The van der Waals surface area contributed by atoms with Crippen LogP contribution in [-0.4, -0.2) is 25.0 Å². The Hall–Kier alpha value is -0.570. The normalized spacial score (nSPS) is 36.2. The molecule has 2 N–H and O–H groups in total. The van der Waals surface area contributed by atoms with Crippen molar-refractivity contribution < 1.29 is 4.79 Å². The number of carbonyl (C=O) groups is 1. The molecule has 16 heavy (non-hydrogen) atoms. The molecule has 2 aliphatic rings. The van der Waals surface area contributed by atoms with E-state index in [-0.39, 0.29) is 5.92 Å². The van der Waals surface area contributed by atoms with Crippen molar-refractivity contribution in [2.24, 2.45) is 17.8 Å². The Balaban J connectivity index is 1.82. The van der Waals surface area contributed by atoms with Crippen LogP contribution in [0.15, 0.2) is 0 Å². The first-order chi connectivity index (χ1) is 7.68. The van der Waals surface area contributed by atoms with Crippen molar-refractivity contribution in [3.63, 3.8) is 0 Å². The molecule has 3 unspecified atom stereocenters. The average molecular weight is 224 g/mol. The highest BCUT2D eigenvalue weighted by atomic mass is 16.1. The summed E-state index contributed by atoms with van der Waals surface area (Å²) in [6.07, 6.45) is 4.43. The number of hydrogen-bond donors (Lipinski definition) is 2. The zero-order valence-corrected chi connectivity index (χ0v) is 10.5. The van der Waals surface area contributed by atoms with E-state index in [1.165, 1.54) is 12.8 Å². The fourth-order valence-electron chi connectivity index (χ4n) is 2.95. The molecule has 0 spiro atoms. The second kappa shape index (κ2) is 5.17. The zero-order chi connectivity index (χ0) is 11.5. The maximum absolute atomic E-state index is 12.1.